The summed E-state index contributed by atoms with van der Waals surface area (Å²) >= 11 is 1.37. The summed E-state index contributed by atoms with van der Waals surface area (Å²) < 4.78 is 0. The Labute approximate surface area is 282 Å². The van der Waals surface area contributed by atoms with E-state index in [0.717, 1.165) is 42.8 Å². The molecule has 1 aliphatic heterocycles. The number of aryl methyl sites for hydroxylation is 1. The van der Waals surface area contributed by atoms with Crippen LogP contribution in [0.3, 0.4) is 0 Å². The number of hydrogen-bond donors (Lipinski definition) is 5. The maximum absolute atomic E-state index is 13.6. The normalized spacial score (nSPS) is 18.5. The van der Waals surface area contributed by atoms with E-state index in [0.29, 0.717) is 19.3 Å². The molecule has 0 aliphatic carbocycles. The number of likely N-dealkylation sites (tertiary alicyclic amines) is 1. The van der Waals surface area contributed by atoms with Gasteiger partial charge in [0.1, 0.15) is 17.5 Å². The van der Waals surface area contributed by atoms with Gasteiger partial charge in [0.2, 0.25) is 11.8 Å². The third-order valence-electron chi connectivity index (χ3n) is 9.27. The molecular formula is C35H53N5O6S. The Morgan fingerprint density at radius 3 is 2.36 bits per heavy atom. The predicted molar refractivity (Wildman–Crippen MR) is 183 cm³/mol. The van der Waals surface area contributed by atoms with E-state index in [9.17, 15) is 29.4 Å². The number of nitrogens with one attached hydrogen (secondary N) is 3. The standard InChI is InChI=1S/C35H53N5O6S/c1-7-22(4)31(39-33(43)29-10-8-9-17-40(29)6)34(44)38-27(21(2)3)15-16-30-37-28(20-47-30)32(42)36-25(18-23(5)35(45)46)19-24-11-13-26(41)14-12-24/h11-14,20-23,25,27,29,31,41H,7-10,15-19H2,1-6H3,(H,36,42)(H,38,44)(H,39,43)(H,45,46)/t22?,23-,25+,27+,29+,31-/m0/s1. The van der Waals surface area contributed by atoms with Crippen LogP contribution in [0.1, 0.15) is 94.2 Å². The Kier molecular flexibility index (Phi) is 14.6. The molecule has 0 saturated carbocycles. The van der Waals surface area contributed by atoms with E-state index in [4.69, 9.17) is 0 Å². The predicted octanol–water partition coefficient (Wildman–Crippen LogP) is 4.39. The van der Waals surface area contributed by atoms with E-state index in [1.165, 1.54) is 11.3 Å². The third-order valence-corrected chi connectivity index (χ3v) is 10.2. The lowest BCUT2D eigenvalue weighted by molar-refractivity contribution is -0.141. The van der Waals surface area contributed by atoms with Gasteiger partial charge in [-0.2, -0.15) is 0 Å². The fourth-order valence-electron chi connectivity index (χ4n) is 5.91. The molecule has 260 valence electrons. The smallest absolute Gasteiger partial charge is 0.306 e. The van der Waals surface area contributed by atoms with Crippen LogP contribution in [-0.2, 0) is 27.2 Å². The van der Waals surface area contributed by atoms with Crippen molar-refractivity contribution in [2.24, 2.45) is 17.8 Å². The molecule has 0 radical (unpaired) electrons. The number of benzene rings is 1. The van der Waals surface area contributed by atoms with Gasteiger partial charge in [0, 0.05) is 23.9 Å². The Morgan fingerprint density at radius 2 is 1.74 bits per heavy atom. The summed E-state index contributed by atoms with van der Waals surface area (Å²) in [7, 11) is 1.96. The van der Waals surface area contributed by atoms with Crippen molar-refractivity contribution in [3.05, 3.63) is 45.9 Å². The molecule has 1 aromatic heterocycles. The molecule has 0 spiro atoms. The first-order valence-electron chi connectivity index (χ1n) is 16.9. The fraction of sp³-hybridized carbons (Fsp3) is 0.629. The van der Waals surface area contributed by atoms with Gasteiger partial charge in [-0.25, -0.2) is 4.98 Å². The molecule has 1 aliphatic rings. The quantitative estimate of drug-likeness (QED) is 0.166. The number of hydrogen-bond acceptors (Lipinski definition) is 8. The number of carbonyl (C=O) groups is 4. The van der Waals surface area contributed by atoms with Crippen LogP contribution in [0.15, 0.2) is 29.6 Å². The molecule has 2 aromatic rings. The number of piperidine rings is 1. The van der Waals surface area contributed by atoms with Crippen LogP contribution in [0.25, 0.3) is 0 Å². The minimum Gasteiger partial charge on any atom is -0.508 e. The summed E-state index contributed by atoms with van der Waals surface area (Å²) in [6.45, 7) is 10.6. The zero-order chi connectivity index (χ0) is 34.7. The van der Waals surface area contributed by atoms with Crippen molar-refractivity contribution in [1.29, 1.82) is 0 Å². The Morgan fingerprint density at radius 1 is 1.04 bits per heavy atom. The average molecular weight is 672 g/mol. The second-order valence-electron chi connectivity index (χ2n) is 13.4. The third kappa shape index (κ3) is 11.6. The van der Waals surface area contributed by atoms with E-state index in [1.54, 1.807) is 36.6 Å². The summed E-state index contributed by atoms with van der Waals surface area (Å²) in [5.74, 6) is -2.01. The van der Waals surface area contributed by atoms with Gasteiger partial charge in [-0.05, 0) is 75.2 Å². The highest BCUT2D eigenvalue weighted by Gasteiger charge is 2.33. The number of carbonyl (C=O) groups excluding carboxylic acids is 3. The average Bonchev–Trinajstić information content (AvgIpc) is 3.51. The van der Waals surface area contributed by atoms with Crippen LogP contribution >= 0.6 is 11.3 Å². The van der Waals surface area contributed by atoms with Gasteiger partial charge in [-0.15, -0.1) is 11.3 Å². The number of aromatic nitrogens is 1. The van der Waals surface area contributed by atoms with Crippen LogP contribution in [0.2, 0.25) is 0 Å². The van der Waals surface area contributed by atoms with Crippen molar-refractivity contribution >= 4 is 35.0 Å². The van der Waals surface area contributed by atoms with Gasteiger partial charge in [0.25, 0.3) is 5.91 Å². The van der Waals surface area contributed by atoms with Gasteiger partial charge in [-0.3, -0.25) is 24.1 Å². The number of phenolic OH excluding ortho intramolecular Hbond substituents is 1. The molecule has 47 heavy (non-hydrogen) atoms. The summed E-state index contributed by atoms with van der Waals surface area (Å²) in [6.07, 6.45) is 5.44. The molecule has 6 atom stereocenters. The Hall–Kier alpha value is -3.51. The highest BCUT2D eigenvalue weighted by molar-refractivity contribution is 7.09. The van der Waals surface area contributed by atoms with Crippen molar-refractivity contribution in [3.63, 3.8) is 0 Å². The van der Waals surface area contributed by atoms with Gasteiger partial charge < -0.3 is 26.2 Å². The molecule has 3 amide bonds. The monoisotopic (exact) mass is 671 g/mol. The molecule has 12 heteroatoms. The molecule has 1 unspecified atom stereocenters. The molecule has 3 rings (SSSR count). The number of aromatic hydroxyl groups is 1. The minimum atomic E-state index is -0.938. The molecule has 2 heterocycles. The maximum Gasteiger partial charge on any atom is 0.306 e. The fourth-order valence-corrected chi connectivity index (χ4v) is 6.70. The number of amides is 3. The Balaban J connectivity index is 1.62. The summed E-state index contributed by atoms with van der Waals surface area (Å²) in [5.41, 5.74) is 1.13. The second kappa shape index (κ2) is 18.1. The first-order valence-corrected chi connectivity index (χ1v) is 17.7. The van der Waals surface area contributed by atoms with Crippen LogP contribution in [0.5, 0.6) is 5.75 Å². The number of nitrogens with zero attached hydrogens (tertiary/aromatic N) is 2. The van der Waals surface area contributed by atoms with Crippen molar-refractivity contribution in [2.45, 2.75) is 110 Å². The molecule has 1 saturated heterocycles. The SMILES string of the molecule is CCC(C)[C@H](NC(=O)[C@H]1CCCCN1C)C(=O)N[C@H](CCc1nc(C(=O)N[C@@H](Cc2ccc(O)cc2)C[C@H](C)C(=O)O)cs1)C(C)C. The first-order chi connectivity index (χ1) is 22.3. The number of carboxylic acids is 1. The van der Waals surface area contributed by atoms with E-state index < -0.39 is 24.0 Å². The number of rotatable bonds is 17. The lowest BCUT2D eigenvalue weighted by atomic mass is 9.94. The van der Waals surface area contributed by atoms with Crippen molar-refractivity contribution < 1.29 is 29.4 Å². The molecule has 1 aromatic carbocycles. The highest BCUT2D eigenvalue weighted by atomic mass is 32.1. The largest absolute Gasteiger partial charge is 0.508 e. The molecular weight excluding hydrogens is 618 g/mol. The lowest BCUT2D eigenvalue weighted by Crippen LogP contribution is -2.57. The van der Waals surface area contributed by atoms with Gasteiger partial charge in [-0.1, -0.05) is 59.6 Å². The lowest BCUT2D eigenvalue weighted by Gasteiger charge is -2.34. The Bertz CT molecular complexity index is 1330. The number of phenols is 1. The summed E-state index contributed by atoms with van der Waals surface area (Å²) in [6, 6.07) is 5.18. The molecule has 0 bridgehead atoms. The van der Waals surface area contributed by atoms with Crippen LogP contribution in [0, 0.1) is 17.8 Å². The minimum absolute atomic E-state index is 0.0305. The summed E-state index contributed by atoms with van der Waals surface area (Å²) in [4.78, 5) is 58.1. The number of thiazole rings is 1. The topological polar surface area (TPSA) is 161 Å². The number of aliphatic carboxylic acids is 1. The molecule has 1 fully saturated rings. The molecule has 5 N–H and O–H groups in total. The van der Waals surface area contributed by atoms with Crippen molar-refractivity contribution in [3.8, 4) is 5.75 Å². The van der Waals surface area contributed by atoms with Gasteiger partial charge in [0.15, 0.2) is 0 Å². The van der Waals surface area contributed by atoms with Crippen LogP contribution < -0.4 is 16.0 Å². The second-order valence-corrected chi connectivity index (χ2v) is 14.3. The van der Waals surface area contributed by atoms with E-state index >= 15 is 0 Å². The van der Waals surface area contributed by atoms with Crippen molar-refractivity contribution in [1.82, 2.24) is 25.8 Å². The maximum atomic E-state index is 13.6. The van der Waals surface area contributed by atoms with Crippen molar-refractivity contribution in [2.75, 3.05) is 13.6 Å². The zero-order valence-electron chi connectivity index (χ0n) is 28.6. The van der Waals surface area contributed by atoms with E-state index in [-0.39, 0.29) is 59.5 Å². The molecule has 11 nitrogen and oxygen atoms in total. The van der Waals surface area contributed by atoms with Crippen LogP contribution in [0.4, 0.5) is 0 Å². The zero-order valence-corrected chi connectivity index (χ0v) is 29.4. The van der Waals surface area contributed by atoms with E-state index in [2.05, 4.69) is 25.8 Å². The van der Waals surface area contributed by atoms with Gasteiger partial charge >= 0.3 is 5.97 Å². The first kappa shape index (κ1) is 37.9. The number of likely N-dealkylation sites (N-methyl/N-ethyl adjacent to an activating group) is 1. The number of carboxylic acid groups (broad SMARTS) is 1. The van der Waals surface area contributed by atoms with E-state index in [1.807, 2.05) is 34.7 Å². The van der Waals surface area contributed by atoms with Gasteiger partial charge in [0.05, 0.1) is 17.0 Å². The van der Waals surface area contributed by atoms with Crippen LogP contribution in [-0.4, -0.2) is 81.5 Å². The highest BCUT2D eigenvalue weighted by Crippen LogP contribution is 2.20. The summed E-state index contributed by atoms with van der Waals surface area (Å²) in [5, 5.41) is 30.7.